The van der Waals surface area contributed by atoms with Crippen LogP contribution < -0.4 is 0 Å². The van der Waals surface area contributed by atoms with Crippen LogP contribution in [-0.2, 0) is 6.42 Å². The first kappa shape index (κ1) is 15.3. The molecule has 0 unspecified atom stereocenters. The Morgan fingerprint density at radius 2 is 2.00 bits per heavy atom. The van der Waals surface area contributed by atoms with Crippen molar-refractivity contribution >= 4 is 17.3 Å². The van der Waals surface area contributed by atoms with Gasteiger partial charge in [0.25, 0.3) is 0 Å². The van der Waals surface area contributed by atoms with E-state index < -0.39 is 0 Å². The second-order valence-electron chi connectivity index (χ2n) is 5.99. The Bertz CT molecular complexity index is 577. The maximum absolute atomic E-state index is 4.49. The van der Waals surface area contributed by atoms with Gasteiger partial charge in [-0.3, -0.25) is 4.98 Å². The van der Waals surface area contributed by atoms with Gasteiger partial charge in [-0.1, -0.05) is 12.1 Å². The molecule has 5 heteroatoms. The van der Waals surface area contributed by atoms with Crippen molar-refractivity contribution in [2.45, 2.75) is 25.7 Å². The molecule has 0 radical (unpaired) electrons. The Labute approximate surface area is 136 Å². The summed E-state index contributed by atoms with van der Waals surface area (Å²) in [5.74, 6) is 0.893. The van der Waals surface area contributed by atoms with Crippen LogP contribution in [-0.4, -0.2) is 38.8 Å². The van der Waals surface area contributed by atoms with Crippen molar-refractivity contribution in [3.63, 3.8) is 0 Å². The molecule has 1 aliphatic heterocycles. The second-order valence-corrected chi connectivity index (χ2v) is 6.52. The number of pyridine rings is 1. The van der Waals surface area contributed by atoms with E-state index in [2.05, 4.69) is 31.8 Å². The molecular formula is C17H22N4S. The molecule has 116 valence electrons. The van der Waals surface area contributed by atoms with E-state index in [4.69, 9.17) is 0 Å². The smallest absolute Gasteiger partial charge is 0.104 e. The van der Waals surface area contributed by atoms with Crippen LogP contribution in [0.2, 0.25) is 0 Å². The molecule has 0 saturated heterocycles. The molecular weight excluding hydrogens is 292 g/mol. The lowest BCUT2D eigenvalue weighted by molar-refractivity contribution is 0.372. The van der Waals surface area contributed by atoms with Crippen LogP contribution in [0.3, 0.4) is 0 Å². The lowest BCUT2D eigenvalue weighted by atomic mass is 10.0. The van der Waals surface area contributed by atoms with E-state index in [1.807, 2.05) is 18.2 Å². The fraction of sp³-hybridized carbons (Fsp3) is 0.471. The van der Waals surface area contributed by atoms with Crippen LogP contribution in [0.4, 0.5) is 0 Å². The number of likely N-dealkylation sites (N-methyl/N-ethyl adjacent to an activating group) is 1. The zero-order valence-electron chi connectivity index (χ0n) is 13.0. The fourth-order valence-electron chi connectivity index (χ4n) is 2.56. The molecule has 4 nitrogen and oxygen atoms in total. The standard InChI is InChI=1S/C12H17N3S.C5H5N/c1-15-6-2-3-10(8-15)12-11(13-16-14-12)7-9-4-5-9;1-2-4-6-5-3-1/h3,9H,2,4-8H2,1H3;1-5H. The summed E-state index contributed by atoms with van der Waals surface area (Å²) in [6.45, 7) is 2.20. The first-order chi connectivity index (χ1) is 10.8. The van der Waals surface area contributed by atoms with Crippen LogP contribution in [0.1, 0.15) is 30.7 Å². The minimum atomic E-state index is 0.893. The van der Waals surface area contributed by atoms with Crippen LogP contribution in [0.5, 0.6) is 0 Å². The summed E-state index contributed by atoms with van der Waals surface area (Å²) in [6, 6.07) is 5.72. The van der Waals surface area contributed by atoms with Crippen LogP contribution in [0.15, 0.2) is 36.7 Å². The van der Waals surface area contributed by atoms with Crippen LogP contribution in [0, 0.1) is 5.92 Å². The molecule has 0 aromatic carbocycles. The first-order valence-corrected chi connectivity index (χ1v) is 8.60. The summed E-state index contributed by atoms with van der Waals surface area (Å²) < 4.78 is 8.96. The van der Waals surface area contributed by atoms with Crippen molar-refractivity contribution in [2.24, 2.45) is 5.92 Å². The molecule has 1 saturated carbocycles. The number of nitrogens with zero attached hydrogens (tertiary/aromatic N) is 4. The van der Waals surface area contributed by atoms with Crippen molar-refractivity contribution in [1.29, 1.82) is 0 Å². The van der Waals surface area contributed by atoms with Gasteiger partial charge in [0.15, 0.2) is 0 Å². The van der Waals surface area contributed by atoms with Gasteiger partial charge in [-0.05, 0) is 56.4 Å². The molecule has 0 bridgehead atoms. The third-order valence-corrected chi connectivity index (χ3v) is 4.51. The van der Waals surface area contributed by atoms with Crippen molar-refractivity contribution in [3.8, 4) is 0 Å². The third kappa shape index (κ3) is 4.45. The molecule has 3 heterocycles. The maximum Gasteiger partial charge on any atom is 0.104 e. The molecule has 2 aliphatic rings. The summed E-state index contributed by atoms with van der Waals surface area (Å²) >= 11 is 1.37. The summed E-state index contributed by atoms with van der Waals surface area (Å²) in [7, 11) is 2.17. The second kappa shape index (κ2) is 7.61. The topological polar surface area (TPSA) is 41.9 Å². The molecule has 0 amide bonds. The SMILES string of the molecule is CN1CCC=C(c2nsnc2CC2CC2)C1.c1ccncc1. The molecule has 22 heavy (non-hydrogen) atoms. The average Bonchev–Trinajstić information content (AvgIpc) is 3.25. The third-order valence-electron chi connectivity index (χ3n) is 3.95. The molecule has 0 N–H and O–H groups in total. The number of hydrogen-bond donors (Lipinski definition) is 0. The molecule has 2 aromatic rings. The van der Waals surface area contributed by atoms with Crippen molar-refractivity contribution in [3.05, 3.63) is 48.1 Å². The largest absolute Gasteiger partial charge is 0.302 e. The number of aromatic nitrogens is 3. The predicted molar refractivity (Wildman–Crippen MR) is 90.7 cm³/mol. The molecule has 0 atom stereocenters. The number of rotatable bonds is 3. The van der Waals surface area contributed by atoms with E-state index in [0.29, 0.717) is 0 Å². The predicted octanol–water partition coefficient (Wildman–Crippen LogP) is 3.29. The summed E-state index contributed by atoms with van der Waals surface area (Å²) in [4.78, 5) is 6.14. The fourth-order valence-corrected chi connectivity index (χ4v) is 3.16. The summed E-state index contributed by atoms with van der Waals surface area (Å²) in [6.07, 6.45) is 10.9. The lowest BCUT2D eigenvalue weighted by Gasteiger charge is -2.22. The van der Waals surface area contributed by atoms with Gasteiger partial charge in [0.2, 0.25) is 0 Å². The average molecular weight is 314 g/mol. The lowest BCUT2D eigenvalue weighted by Crippen LogP contribution is -2.25. The van der Waals surface area contributed by atoms with Gasteiger partial charge in [0.1, 0.15) is 5.69 Å². The van der Waals surface area contributed by atoms with Crippen molar-refractivity contribution < 1.29 is 0 Å². The normalized spacial score (nSPS) is 18.3. The van der Waals surface area contributed by atoms with Crippen molar-refractivity contribution in [2.75, 3.05) is 20.1 Å². The zero-order chi connectivity index (χ0) is 15.2. The Balaban J connectivity index is 0.000000202. The van der Waals surface area contributed by atoms with Gasteiger partial charge < -0.3 is 4.90 Å². The van der Waals surface area contributed by atoms with Gasteiger partial charge >= 0.3 is 0 Å². The van der Waals surface area contributed by atoms with Gasteiger partial charge in [-0.2, -0.15) is 8.75 Å². The highest BCUT2D eigenvalue weighted by Gasteiger charge is 2.26. The van der Waals surface area contributed by atoms with Crippen molar-refractivity contribution in [1.82, 2.24) is 18.6 Å². The highest BCUT2D eigenvalue weighted by atomic mass is 32.1. The molecule has 0 spiro atoms. The molecule has 4 rings (SSSR count). The minimum Gasteiger partial charge on any atom is -0.302 e. The van der Waals surface area contributed by atoms with Gasteiger partial charge in [0.05, 0.1) is 17.4 Å². The van der Waals surface area contributed by atoms with E-state index in [1.165, 1.54) is 48.1 Å². The maximum atomic E-state index is 4.49. The van der Waals surface area contributed by atoms with E-state index in [1.54, 1.807) is 12.4 Å². The Morgan fingerprint density at radius 1 is 1.18 bits per heavy atom. The highest BCUT2D eigenvalue weighted by Crippen LogP contribution is 2.34. The van der Waals surface area contributed by atoms with E-state index in [9.17, 15) is 0 Å². The first-order valence-electron chi connectivity index (χ1n) is 7.87. The number of hydrogen-bond acceptors (Lipinski definition) is 5. The molecule has 1 fully saturated rings. The van der Waals surface area contributed by atoms with E-state index in [0.717, 1.165) is 25.3 Å². The van der Waals surface area contributed by atoms with Gasteiger partial charge in [0, 0.05) is 25.5 Å². The van der Waals surface area contributed by atoms with Crippen LogP contribution in [0.25, 0.3) is 5.57 Å². The summed E-state index contributed by atoms with van der Waals surface area (Å²) in [5, 5.41) is 0. The summed E-state index contributed by atoms with van der Waals surface area (Å²) in [5.41, 5.74) is 3.82. The Morgan fingerprint density at radius 3 is 2.59 bits per heavy atom. The Kier molecular flexibility index (Phi) is 5.29. The van der Waals surface area contributed by atoms with Crippen LogP contribution >= 0.6 is 11.7 Å². The zero-order valence-corrected chi connectivity index (χ0v) is 13.8. The minimum absolute atomic E-state index is 0.893. The van der Waals surface area contributed by atoms with Gasteiger partial charge in [-0.25, -0.2) is 0 Å². The van der Waals surface area contributed by atoms with E-state index in [-0.39, 0.29) is 0 Å². The quantitative estimate of drug-likeness (QED) is 0.872. The molecule has 2 aromatic heterocycles. The molecule has 1 aliphatic carbocycles. The Hall–Kier alpha value is -1.59. The highest BCUT2D eigenvalue weighted by molar-refractivity contribution is 6.99. The van der Waals surface area contributed by atoms with E-state index >= 15 is 0 Å². The van der Waals surface area contributed by atoms with Gasteiger partial charge in [-0.15, -0.1) is 0 Å². The monoisotopic (exact) mass is 314 g/mol.